The van der Waals surface area contributed by atoms with E-state index < -0.39 is 29.8 Å². The smallest absolute Gasteiger partial charge is 0.369 e. The number of rotatable bonds is 5. The molecule has 0 unspecified atom stereocenters. The molecule has 0 bridgehead atoms. The number of benzene rings is 1. The number of nitro benzene ring substituents is 1. The van der Waals surface area contributed by atoms with Crippen LogP contribution in [0.3, 0.4) is 0 Å². The Morgan fingerprint density at radius 1 is 1.28 bits per heavy atom. The van der Waals surface area contributed by atoms with Gasteiger partial charge in [-0.1, -0.05) is 0 Å². The number of anilines is 1. The quantitative estimate of drug-likeness (QED) is 0.619. The Morgan fingerprint density at radius 2 is 1.96 bits per heavy atom. The highest BCUT2D eigenvalue weighted by Crippen LogP contribution is 2.24. The molecule has 2 amide bonds. The Labute approximate surface area is 141 Å². The van der Waals surface area contributed by atoms with E-state index in [2.05, 4.69) is 10.6 Å². The summed E-state index contributed by atoms with van der Waals surface area (Å²) in [4.78, 5) is 22.0. The van der Waals surface area contributed by atoms with Crippen LogP contribution in [0, 0.1) is 10.1 Å². The molecule has 0 heterocycles. The van der Waals surface area contributed by atoms with Gasteiger partial charge in [-0.3, -0.25) is 10.1 Å². The van der Waals surface area contributed by atoms with Gasteiger partial charge in [-0.15, -0.1) is 0 Å². The second kappa shape index (κ2) is 8.15. The third-order valence-corrected chi connectivity index (χ3v) is 3.78. The van der Waals surface area contributed by atoms with E-state index in [1.54, 1.807) is 0 Å². The van der Waals surface area contributed by atoms with Crippen molar-refractivity contribution in [2.45, 2.75) is 44.0 Å². The van der Waals surface area contributed by atoms with Crippen LogP contribution in [-0.2, 0) is 4.74 Å². The Balaban J connectivity index is 1.80. The average Bonchev–Trinajstić information content (AvgIpc) is 2.53. The number of nitro groups is 1. The van der Waals surface area contributed by atoms with Gasteiger partial charge in [0.15, 0.2) is 0 Å². The third kappa shape index (κ3) is 6.57. The van der Waals surface area contributed by atoms with Crippen molar-refractivity contribution in [1.29, 1.82) is 0 Å². The molecule has 1 fully saturated rings. The predicted octanol–water partition coefficient (Wildman–Crippen LogP) is 3.61. The fourth-order valence-corrected chi connectivity index (χ4v) is 2.66. The van der Waals surface area contributed by atoms with Gasteiger partial charge in [-0.2, -0.15) is 13.2 Å². The predicted molar refractivity (Wildman–Crippen MR) is 83.3 cm³/mol. The van der Waals surface area contributed by atoms with Crippen molar-refractivity contribution >= 4 is 17.4 Å². The molecular weight excluding hydrogens is 343 g/mol. The van der Waals surface area contributed by atoms with Crippen molar-refractivity contribution in [2.24, 2.45) is 0 Å². The van der Waals surface area contributed by atoms with E-state index in [1.807, 2.05) is 0 Å². The molecule has 25 heavy (non-hydrogen) atoms. The fraction of sp³-hybridized carbons (Fsp3) is 0.533. The number of hydrogen-bond acceptors (Lipinski definition) is 4. The molecule has 7 nitrogen and oxygen atoms in total. The molecule has 0 saturated heterocycles. The summed E-state index contributed by atoms with van der Waals surface area (Å²) in [5, 5.41) is 15.8. The normalized spacial score (nSPS) is 20.8. The number of amides is 2. The maximum Gasteiger partial charge on any atom is 0.411 e. The monoisotopic (exact) mass is 361 g/mol. The van der Waals surface area contributed by atoms with Crippen molar-refractivity contribution in [1.82, 2.24) is 5.32 Å². The van der Waals surface area contributed by atoms with Gasteiger partial charge in [0.1, 0.15) is 6.61 Å². The van der Waals surface area contributed by atoms with Crippen LogP contribution in [0.15, 0.2) is 24.3 Å². The Morgan fingerprint density at radius 3 is 2.56 bits per heavy atom. The van der Waals surface area contributed by atoms with Crippen LogP contribution in [0.5, 0.6) is 0 Å². The summed E-state index contributed by atoms with van der Waals surface area (Å²) in [5.74, 6) is 0. The highest BCUT2D eigenvalue weighted by atomic mass is 19.4. The molecular formula is C15H18F3N3O4. The van der Waals surface area contributed by atoms with Crippen molar-refractivity contribution in [3.05, 3.63) is 34.4 Å². The molecule has 0 spiro atoms. The Hall–Kier alpha value is -2.36. The highest BCUT2D eigenvalue weighted by Gasteiger charge is 2.31. The highest BCUT2D eigenvalue weighted by molar-refractivity contribution is 5.89. The third-order valence-electron chi connectivity index (χ3n) is 3.78. The summed E-state index contributed by atoms with van der Waals surface area (Å²) in [6.07, 6.45) is -2.76. The van der Waals surface area contributed by atoms with Crippen LogP contribution in [0.25, 0.3) is 0 Å². The van der Waals surface area contributed by atoms with E-state index >= 15 is 0 Å². The first-order chi connectivity index (χ1) is 11.7. The maximum atomic E-state index is 12.2. The van der Waals surface area contributed by atoms with Crippen LogP contribution in [0.2, 0.25) is 0 Å². The zero-order valence-corrected chi connectivity index (χ0v) is 13.2. The van der Waals surface area contributed by atoms with Gasteiger partial charge in [0.2, 0.25) is 0 Å². The van der Waals surface area contributed by atoms with Crippen molar-refractivity contribution in [3.63, 3.8) is 0 Å². The van der Waals surface area contributed by atoms with Gasteiger partial charge in [0.05, 0.1) is 11.0 Å². The van der Waals surface area contributed by atoms with E-state index in [9.17, 15) is 28.1 Å². The molecule has 1 aliphatic rings. The lowest BCUT2D eigenvalue weighted by molar-refractivity contribution is -0.384. The molecule has 2 rings (SSSR count). The molecule has 2 atom stereocenters. The SMILES string of the molecule is O=C(Nc1ccc([N+](=O)[O-])cc1)N[C@@H]1CCC[C@@H](OCC(F)(F)F)C1. The summed E-state index contributed by atoms with van der Waals surface area (Å²) in [6, 6.07) is 4.51. The van der Waals surface area contributed by atoms with Gasteiger partial charge in [-0.25, -0.2) is 4.79 Å². The summed E-state index contributed by atoms with van der Waals surface area (Å²) in [7, 11) is 0. The van der Waals surface area contributed by atoms with Crippen LogP contribution in [-0.4, -0.2) is 35.9 Å². The molecule has 1 aromatic rings. The molecule has 0 radical (unpaired) electrons. The summed E-state index contributed by atoms with van der Waals surface area (Å²) < 4.78 is 41.4. The number of nitrogens with one attached hydrogen (secondary N) is 2. The van der Waals surface area contributed by atoms with E-state index in [-0.39, 0.29) is 11.7 Å². The molecule has 10 heteroatoms. The van der Waals surface area contributed by atoms with E-state index in [4.69, 9.17) is 4.74 Å². The first kappa shape index (κ1) is 19.0. The van der Waals surface area contributed by atoms with Gasteiger partial charge < -0.3 is 15.4 Å². The number of halogens is 3. The van der Waals surface area contributed by atoms with E-state index in [0.29, 0.717) is 31.4 Å². The minimum absolute atomic E-state index is 0.0945. The average molecular weight is 361 g/mol. The maximum absolute atomic E-state index is 12.2. The summed E-state index contributed by atoms with van der Waals surface area (Å²) in [5.41, 5.74) is 0.284. The van der Waals surface area contributed by atoms with Crippen LogP contribution in [0.4, 0.5) is 29.3 Å². The summed E-state index contributed by atoms with van der Waals surface area (Å²) >= 11 is 0. The van der Waals surface area contributed by atoms with Gasteiger partial charge >= 0.3 is 12.2 Å². The summed E-state index contributed by atoms with van der Waals surface area (Å²) in [6.45, 7) is -1.29. The second-order valence-corrected chi connectivity index (χ2v) is 5.81. The lowest BCUT2D eigenvalue weighted by Crippen LogP contribution is -2.43. The standard InChI is InChI=1S/C15H18F3N3O4/c16-15(17,18)9-25-13-3-1-2-11(8-13)20-14(22)19-10-4-6-12(7-5-10)21(23)24/h4-7,11,13H,1-3,8-9H2,(H2,19,20,22)/t11-,13-/m1/s1. The number of ether oxygens (including phenoxy) is 1. The molecule has 0 aromatic heterocycles. The number of alkyl halides is 3. The Bertz CT molecular complexity index is 607. The number of nitrogens with zero attached hydrogens (tertiary/aromatic N) is 1. The van der Waals surface area contributed by atoms with Gasteiger partial charge in [0.25, 0.3) is 5.69 Å². The lowest BCUT2D eigenvalue weighted by Gasteiger charge is -2.30. The zero-order chi connectivity index (χ0) is 18.4. The van der Waals surface area contributed by atoms with Crippen LogP contribution >= 0.6 is 0 Å². The molecule has 138 valence electrons. The van der Waals surface area contributed by atoms with Crippen molar-refractivity contribution < 1.29 is 27.6 Å². The largest absolute Gasteiger partial charge is 0.411 e. The van der Waals surface area contributed by atoms with Gasteiger partial charge in [0, 0.05) is 23.9 Å². The molecule has 1 saturated carbocycles. The van der Waals surface area contributed by atoms with Crippen LogP contribution < -0.4 is 10.6 Å². The minimum atomic E-state index is -4.37. The molecule has 2 N–H and O–H groups in total. The number of carbonyl (C=O) groups excluding carboxylic acids is 1. The lowest BCUT2D eigenvalue weighted by atomic mass is 9.93. The Kier molecular flexibility index (Phi) is 6.18. The number of hydrogen-bond donors (Lipinski definition) is 2. The van der Waals surface area contributed by atoms with Crippen molar-refractivity contribution in [3.8, 4) is 0 Å². The molecule has 1 aromatic carbocycles. The zero-order valence-electron chi connectivity index (χ0n) is 13.2. The topological polar surface area (TPSA) is 93.5 Å². The molecule has 1 aliphatic carbocycles. The van der Waals surface area contributed by atoms with Crippen molar-refractivity contribution in [2.75, 3.05) is 11.9 Å². The first-order valence-electron chi connectivity index (χ1n) is 7.73. The number of urea groups is 1. The van der Waals surface area contributed by atoms with E-state index in [0.717, 1.165) is 0 Å². The first-order valence-corrected chi connectivity index (χ1v) is 7.73. The minimum Gasteiger partial charge on any atom is -0.369 e. The van der Waals surface area contributed by atoms with Gasteiger partial charge in [-0.05, 0) is 37.8 Å². The number of carbonyl (C=O) groups is 1. The van der Waals surface area contributed by atoms with Crippen LogP contribution in [0.1, 0.15) is 25.7 Å². The van der Waals surface area contributed by atoms with E-state index in [1.165, 1.54) is 24.3 Å². The number of non-ortho nitro benzene ring substituents is 1. The second-order valence-electron chi connectivity index (χ2n) is 5.81. The molecule has 0 aliphatic heterocycles. The fourth-order valence-electron chi connectivity index (χ4n) is 2.66.